The van der Waals surface area contributed by atoms with Crippen LogP contribution in [0.3, 0.4) is 0 Å². The zero-order chi connectivity index (χ0) is 20.1. The summed E-state index contributed by atoms with van der Waals surface area (Å²) in [5, 5.41) is 0. The summed E-state index contributed by atoms with van der Waals surface area (Å²) in [6.07, 6.45) is 0.501. The van der Waals surface area contributed by atoms with Crippen LogP contribution in [-0.4, -0.2) is 34.6 Å². The standard InChI is InChI=1S/C18H21N3O6/c1-20-16(19)15(17(24)21(2)18(20)25)13(22)10-27-14(23)9-6-11-4-7-12(26-3)8-5-11/h4-5,7-8H,6,9-10,19H2,1-3H3. The Morgan fingerprint density at radius 2 is 1.70 bits per heavy atom. The fourth-order valence-corrected chi connectivity index (χ4v) is 2.45. The molecule has 0 spiro atoms. The fourth-order valence-electron chi connectivity index (χ4n) is 2.45. The number of hydrogen-bond donors (Lipinski definition) is 1. The fraction of sp³-hybridized carbons (Fsp3) is 0.333. The molecule has 2 N–H and O–H groups in total. The number of aromatic nitrogens is 2. The first-order valence-corrected chi connectivity index (χ1v) is 8.13. The van der Waals surface area contributed by atoms with E-state index in [4.69, 9.17) is 15.2 Å². The number of aryl methyl sites for hydroxylation is 1. The molecule has 0 aliphatic rings. The number of nitrogens with zero attached hydrogens (tertiary/aromatic N) is 2. The van der Waals surface area contributed by atoms with Crippen molar-refractivity contribution in [3.63, 3.8) is 0 Å². The molecule has 9 heteroatoms. The average Bonchev–Trinajstić information content (AvgIpc) is 2.68. The average molecular weight is 375 g/mol. The van der Waals surface area contributed by atoms with Crippen molar-refractivity contribution in [3.05, 3.63) is 56.2 Å². The third kappa shape index (κ3) is 4.43. The molecular formula is C18H21N3O6. The third-order valence-electron chi connectivity index (χ3n) is 4.13. The SMILES string of the molecule is COc1ccc(CCC(=O)OCC(=O)c2c(N)n(C)c(=O)n(C)c2=O)cc1. The molecule has 0 atom stereocenters. The van der Waals surface area contributed by atoms with E-state index in [1.54, 1.807) is 19.2 Å². The molecule has 27 heavy (non-hydrogen) atoms. The highest BCUT2D eigenvalue weighted by atomic mass is 16.5. The van der Waals surface area contributed by atoms with Gasteiger partial charge in [-0.2, -0.15) is 0 Å². The number of benzene rings is 1. The van der Waals surface area contributed by atoms with Gasteiger partial charge in [0.15, 0.2) is 6.61 Å². The summed E-state index contributed by atoms with van der Waals surface area (Å²) in [4.78, 5) is 48.0. The Hall–Kier alpha value is -3.36. The van der Waals surface area contributed by atoms with Gasteiger partial charge in [-0.25, -0.2) is 4.79 Å². The molecule has 0 saturated carbocycles. The molecule has 0 amide bonds. The van der Waals surface area contributed by atoms with Crippen LogP contribution in [0.2, 0.25) is 0 Å². The quantitative estimate of drug-likeness (QED) is 0.535. The molecule has 0 unspecified atom stereocenters. The molecule has 9 nitrogen and oxygen atoms in total. The second kappa shape index (κ2) is 8.35. The van der Waals surface area contributed by atoms with Crippen LogP contribution in [0.5, 0.6) is 5.75 Å². The number of carbonyl (C=O) groups excluding carboxylic acids is 2. The van der Waals surface area contributed by atoms with Gasteiger partial charge in [0.25, 0.3) is 5.56 Å². The minimum absolute atomic E-state index is 0.0698. The van der Waals surface area contributed by atoms with Crippen molar-refractivity contribution in [3.8, 4) is 5.75 Å². The highest BCUT2D eigenvalue weighted by molar-refractivity contribution is 6.01. The van der Waals surface area contributed by atoms with E-state index in [0.29, 0.717) is 12.2 Å². The number of esters is 1. The summed E-state index contributed by atoms with van der Waals surface area (Å²) >= 11 is 0. The Morgan fingerprint density at radius 1 is 1.07 bits per heavy atom. The lowest BCUT2D eigenvalue weighted by Crippen LogP contribution is -2.42. The van der Waals surface area contributed by atoms with Crippen molar-refractivity contribution in [1.29, 1.82) is 0 Å². The van der Waals surface area contributed by atoms with Crippen molar-refractivity contribution in [1.82, 2.24) is 9.13 Å². The first-order chi connectivity index (χ1) is 12.8. The van der Waals surface area contributed by atoms with E-state index in [1.165, 1.54) is 14.1 Å². The van der Waals surface area contributed by atoms with Gasteiger partial charge in [0, 0.05) is 20.5 Å². The van der Waals surface area contributed by atoms with Gasteiger partial charge in [-0.3, -0.25) is 23.5 Å². The van der Waals surface area contributed by atoms with E-state index >= 15 is 0 Å². The molecule has 0 aliphatic carbocycles. The maximum Gasteiger partial charge on any atom is 0.332 e. The maximum atomic E-state index is 12.3. The van der Waals surface area contributed by atoms with Crippen molar-refractivity contribution in [2.45, 2.75) is 12.8 Å². The minimum atomic E-state index is -0.824. The zero-order valence-corrected chi connectivity index (χ0v) is 15.4. The van der Waals surface area contributed by atoms with Gasteiger partial charge in [-0.1, -0.05) is 12.1 Å². The van der Waals surface area contributed by atoms with Crippen LogP contribution in [0.4, 0.5) is 5.82 Å². The number of nitrogen functional groups attached to an aromatic ring is 1. The molecule has 2 rings (SSSR count). The van der Waals surface area contributed by atoms with E-state index in [-0.39, 0.29) is 17.8 Å². The number of anilines is 1. The number of carbonyl (C=O) groups is 2. The molecule has 0 bridgehead atoms. The second-order valence-corrected chi connectivity index (χ2v) is 5.90. The summed E-state index contributed by atoms with van der Waals surface area (Å²) in [7, 11) is 4.14. The molecule has 0 fully saturated rings. The van der Waals surface area contributed by atoms with Crippen LogP contribution in [0.25, 0.3) is 0 Å². The van der Waals surface area contributed by atoms with Gasteiger partial charge in [0.1, 0.15) is 17.1 Å². The van der Waals surface area contributed by atoms with Crippen LogP contribution >= 0.6 is 0 Å². The highest BCUT2D eigenvalue weighted by Gasteiger charge is 2.21. The van der Waals surface area contributed by atoms with Gasteiger partial charge in [0.05, 0.1) is 7.11 Å². The lowest BCUT2D eigenvalue weighted by molar-refractivity contribution is -0.142. The van der Waals surface area contributed by atoms with E-state index in [9.17, 15) is 19.2 Å². The summed E-state index contributed by atoms with van der Waals surface area (Å²) < 4.78 is 11.8. The number of ether oxygens (including phenoxy) is 2. The molecule has 1 heterocycles. The molecule has 0 radical (unpaired) electrons. The number of ketones is 1. The Labute approximate surface area is 154 Å². The molecule has 0 saturated heterocycles. The van der Waals surface area contributed by atoms with Gasteiger partial charge in [-0.15, -0.1) is 0 Å². The van der Waals surface area contributed by atoms with Gasteiger partial charge >= 0.3 is 11.7 Å². The van der Waals surface area contributed by atoms with Crippen LogP contribution in [-0.2, 0) is 30.0 Å². The normalized spacial score (nSPS) is 10.5. The van der Waals surface area contributed by atoms with Crippen molar-refractivity contribution in [2.24, 2.45) is 14.1 Å². The summed E-state index contributed by atoms with van der Waals surface area (Å²) in [6, 6.07) is 7.21. The van der Waals surface area contributed by atoms with Crippen LogP contribution < -0.4 is 21.7 Å². The number of Topliss-reactive ketones (excluding diaryl/α,β-unsaturated/α-hetero) is 1. The Bertz CT molecular complexity index is 972. The smallest absolute Gasteiger partial charge is 0.332 e. The largest absolute Gasteiger partial charge is 0.497 e. The minimum Gasteiger partial charge on any atom is -0.497 e. The van der Waals surface area contributed by atoms with Gasteiger partial charge in [-0.05, 0) is 24.1 Å². The monoisotopic (exact) mass is 375 g/mol. The van der Waals surface area contributed by atoms with Gasteiger partial charge in [0.2, 0.25) is 5.78 Å². The molecule has 1 aromatic carbocycles. The van der Waals surface area contributed by atoms with Crippen LogP contribution in [0, 0.1) is 0 Å². The van der Waals surface area contributed by atoms with E-state index in [1.807, 2.05) is 12.1 Å². The predicted octanol–water partition coefficient (Wildman–Crippen LogP) is 0.0335. The van der Waals surface area contributed by atoms with Crippen molar-refractivity contribution >= 4 is 17.6 Å². The number of methoxy groups -OCH3 is 1. The number of nitrogens with two attached hydrogens (primary N) is 1. The summed E-state index contributed by atoms with van der Waals surface area (Å²) in [5.41, 5.74) is 4.76. The topological polar surface area (TPSA) is 123 Å². The van der Waals surface area contributed by atoms with Crippen molar-refractivity contribution < 1.29 is 19.1 Å². The lowest BCUT2D eigenvalue weighted by atomic mass is 10.1. The highest BCUT2D eigenvalue weighted by Crippen LogP contribution is 2.13. The van der Waals surface area contributed by atoms with E-state index < -0.39 is 29.6 Å². The zero-order valence-electron chi connectivity index (χ0n) is 15.4. The van der Waals surface area contributed by atoms with Gasteiger partial charge < -0.3 is 15.2 Å². The van der Waals surface area contributed by atoms with Crippen LogP contribution in [0.15, 0.2) is 33.9 Å². The predicted molar refractivity (Wildman–Crippen MR) is 97.9 cm³/mol. The summed E-state index contributed by atoms with van der Waals surface area (Å²) in [6.45, 7) is -0.626. The summed E-state index contributed by atoms with van der Waals surface area (Å²) in [5.74, 6) is -0.897. The third-order valence-corrected chi connectivity index (χ3v) is 4.13. The maximum absolute atomic E-state index is 12.3. The Morgan fingerprint density at radius 3 is 2.30 bits per heavy atom. The van der Waals surface area contributed by atoms with Crippen molar-refractivity contribution in [2.75, 3.05) is 19.5 Å². The van der Waals surface area contributed by atoms with E-state index in [2.05, 4.69) is 0 Å². The number of rotatable bonds is 7. The molecule has 0 aliphatic heterocycles. The molecular weight excluding hydrogens is 354 g/mol. The first-order valence-electron chi connectivity index (χ1n) is 8.13. The molecule has 1 aromatic heterocycles. The number of hydrogen-bond acceptors (Lipinski definition) is 7. The second-order valence-electron chi connectivity index (χ2n) is 5.90. The molecule has 2 aromatic rings. The van der Waals surface area contributed by atoms with Crippen LogP contribution in [0.1, 0.15) is 22.3 Å². The lowest BCUT2D eigenvalue weighted by Gasteiger charge is -2.11. The first kappa shape index (κ1) is 20.0. The van der Waals surface area contributed by atoms with E-state index in [0.717, 1.165) is 14.7 Å². The Kier molecular flexibility index (Phi) is 6.17. The molecule has 144 valence electrons. The Balaban J connectivity index is 1.98.